The fraction of sp³-hybridized carbons (Fsp3) is 0.300. The molecule has 0 aliphatic carbocycles. The average Bonchev–Trinajstić information content (AvgIpc) is 2.08. The normalized spacial score (nSPS) is 10.5. The van der Waals surface area contributed by atoms with E-state index in [1.165, 1.54) is 12.1 Å². The SMILES string of the molecule is CC[CH]c1ccc(OC(F)F)cc1. The van der Waals surface area contributed by atoms with Crippen molar-refractivity contribution in [2.24, 2.45) is 0 Å². The summed E-state index contributed by atoms with van der Waals surface area (Å²) in [4.78, 5) is 0. The van der Waals surface area contributed by atoms with Crippen LogP contribution in [0.4, 0.5) is 8.78 Å². The molecular weight excluding hydrogens is 174 g/mol. The molecule has 0 bridgehead atoms. The fourth-order valence-electron chi connectivity index (χ4n) is 1.02. The van der Waals surface area contributed by atoms with Crippen LogP contribution in [0.5, 0.6) is 5.75 Å². The fourth-order valence-corrected chi connectivity index (χ4v) is 1.02. The summed E-state index contributed by atoms with van der Waals surface area (Å²) < 4.78 is 27.7. The van der Waals surface area contributed by atoms with Crippen LogP contribution in [-0.4, -0.2) is 6.61 Å². The van der Waals surface area contributed by atoms with E-state index < -0.39 is 6.61 Å². The minimum atomic E-state index is -2.75. The molecule has 1 rings (SSSR count). The van der Waals surface area contributed by atoms with Gasteiger partial charge in [-0.15, -0.1) is 0 Å². The second-order valence-electron chi connectivity index (χ2n) is 2.56. The maximum atomic E-state index is 11.7. The Morgan fingerprint density at radius 1 is 1.31 bits per heavy atom. The van der Waals surface area contributed by atoms with Crippen LogP contribution in [0.1, 0.15) is 18.9 Å². The van der Waals surface area contributed by atoms with Crippen molar-refractivity contribution in [2.75, 3.05) is 0 Å². The molecule has 0 N–H and O–H groups in total. The van der Waals surface area contributed by atoms with E-state index in [2.05, 4.69) is 4.74 Å². The van der Waals surface area contributed by atoms with E-state index in [-0.39, 0.29) is 5.75 Å². The Bertz CT molecular complexity index is 244. The van der Waals surface area contributed by atoms with Gasteiger partial charge < -0.3 is 4.74 Å². The lowest BCUT2D eigenvalue weighted by atomic mass is 10.1. The molecule has 1 aromatic rings. The highest BCUT2D eigenvalue weighted by Crippen LogP contribution is 2.16. The number of hydrogen-bond acceptors (Lipinski definition) is 1. The first-order valence-corrected chi connectivity index (χ1v) is 4.10. The minimum Gasteiger partial charge on any atom is -0.435 e. The lowest BCUT2D eigenvalue weighted by molar-refractivity contribution is -0.0498. The third-order valence-electron chi connectivity index (χ3n) is 1.55. The first-order chi connectivity index (χ1) is 6.22. The van der Waals surface area contributed by atoms with Gasteiger partial charge in [-0.2, -0.15) is 8.78 Å². The molecule has 0 spiro atoms. The molecule has 0 aromatic heterocycles. The molecule has 1 aromatic carbocycles. The van der Waals surface area contributed by atoms with Crippen LogP contribution in [0.15, 0.2) is 24.3 Å². The second kappa shape index (κ2) is 4.80. The number of benzene rings is 1. The highest BCUT2D eigenvalue weighted by Gasteiger charge is 2.02. The number of rotatable bonds is 4. The molecule has 1 radical (unpaired) electrons. The van der Waals surface area contributed by atoms with Crippen molar-refractivity contribution in [1.82, 2.24) is 0 Å². The quantitative estimate of drug-likeness (QED) is 0.699. The molecule has 13 heavy (non-hydrogen) atoms. The van der Waals surface area contributed by atoms with Crippen molar-refractivity contribution in [1.29, 1.82) is 0 Å². The molecular formula is C10H11F2O. The zero-order valence-electron chi connectivity index (χ0n) is 7.34. The van der Waals surface area contributed by atoms with E-state index in [9.17, 15) is 8.78 Å². The van der Waals surface area contributed by atoms with Crippen molar-refractivity contribution in [3.8, 4) is 5.75 Å². The number of alkyl halides is 2. The molecule has 71 valence electrons. The van der Waals surface area contributed by atoms with Crippen LogP contribution in [0.25, 0.3) is 0 Å². The molecule has 0 unspecified atom stereocenters. The number of halogens is 2. The Balaban J connectivity index is 2.59. The van der Waals surface area contributed by atoms with Gasteiger partial charge >= 0.3 is 6.61 Å². The smallest absolute Gasteiger partial charge is 0.387 e. The maximum Gasteiger partial charge on any atom is 0.387 e. The Morgan fingerprint density at radius 2 is 1.92 bits per heavy atom. The first-order valence-electron chi connectivity index (χ1n) is 4.10. The first kappa shape index (κ1) is 9.96. The van der Waals surface area contributed by atoms with Crippen molar-refractivity contribution in [2.45, 2.75) is 20.0 Å². The molecule has 0 heterocycles. The molecule has 0 atom stereocenters. The van der Waals surface area contributed by atoms with Crippen LogP contribution in [-0.2, 0) is 0 Å². The van der Waals surface area contributed by atoms with Crippen LogP contribution < -0.4 is 4.74 Å². The van der Waals surface area contributed by atoms with Gasteiger partial charge in [-0.1, -0.05) is 19.1 Å². The van der Waals surface area contributed by atoms with Crippen molar-refractivity contribution >= 4 is 0 Å². The predicted octanol–water partition coefficient (Wildman–Crippen LogP) is 3.25. The van der Waals surface area contributed by atoms with Gasteiger partial charge in [-0.05, 0) is 30.5 Å². The summed E-state index contributed by atoms with van der Waals surface area (Å²) in [5, 5.41) is 0. The standard InChI is InChI=1S/C10H11F2O/c1-2-3-8-4-6-9(7-5-8)13-10(11)12/h3-7,10H,2H2,1H3. The molecule has 0 saturated heterocycles. The molecule has 0 saturated carbocycles. The van der Waals surface area contributed by atoms with Crippen molar-refractivity contribution < 1.29 is 13.5 Å². The van der Waals surface area contributed by atoms with Crippen molar-refractivity contribution in [3.05, 3.63) is 36.2 Å². The lowest BCUT2D eigenvalue weighted by Gasteiger charge is -2.04. The van der Waals surface area contributed by atoms with Gasteiger partial charge in [0.2, 0.25) is 0 Å². The molecule has 0 aliphatic rings. The van der Waals surface area contributed by atoms with Gasteiger partial charge in [-0.25, -0.2) is 0 Å². The highest BCUT2D eigenvalue weighted by atomic mass is 19.3. The summed E-state index contributed by atoms with van der Waals surface area (Å²) in [7, 11) is 0. The zero-order valence-corrected chi connectivity index (χ0v) is 7.34. The van der Waals surface area contributed by atoms with Gasteiger partial charge in [0.25, 0.3) is 0 Å². The lowest BCUT2D eigenvalue weighted by Crippen LogP contribution is -2.01. The van der Waals surface area contributed by atoms with Crippen LogP contribution in [0.2, 0.25) is 0 Å². The van der Waals surface area contributed by atoms with E-state index in [0.717, 1.165) is 12.0 Å². The summed E-state index contributed by atoms with van der Waals surface area (Å²) in [6, 6.07) is 6.57. The second-order valence-corrected chi connectivity index (χ2v) is 2.56. The molecule has 1 nitrogen and oxygen atoms in total. The van der Waals surface area contributed by atoms with Gasteiger partial charge in [0.15, 0.2) is 0 Å². The van der Waals surface area contributed by atoms with Crippen molar-refractivity contribution in [3.63, 3.8) is 0 Å². The summed E-state index contributed by atoms with van der Waals surface area (Å²) in [5.41, 5.74) is 1.02. The highest BCUT2D eigenvalue weighted by molar-refractivity contribution is 5.30. The number of ether oxygens (including phenoxy) is 1. The Kier molecular flexibility index (Phi) is 3.68. The monoisotopic (exact) mass is 185 g/mol. The van der Waals surface area contributed by atoms with Gasteiger partial charge in [0.05, 0.1) is 0 Å². The van der Waals surface area contributed by atoms with Gasteiger partial charge in [-0.3, -0.25) is 0 Å². The molecule has 3 heteroatoms. The Labute approximate surface area is 76.3 Å². The maximum absolute atomic E-state index is 11.7. The predicted molar refractivity (Wildman–Crippen MR) is 46.8 cm³/mol. The molecule has 0 amide bonds. The Hall–Kier alpha value is -1.12. The number of hydrogen-bond donors (Lipinski definition) is 0. The topological polar surface area (TPSA) is 9.23 Å². The largest absolute Gasteiger partial charge is 0.435 e. The van der Waals surface area contributed by atoms with E-state index in [1.807, 2.05) is 13.3 Å². The van der Waals surface area contributed by atoms with Gasteiger partial charge in [0.1, 0.15) is 5.75 Å². The van der Waals surface area contributed by atoms with Gasteiger partial charge in [0, 0.05) is 0 Å². The third-order valence-corrected chi connectivity index (χ3v) is 1.55. The van der Waals surface area contributed by atoms with E-state index >= 15 is 0 Å². The van der Waals surface area contributed by atoms with E-state index in [4.69, 9.17) is 0 Å². The summed E-state index contributed by atoms with van der Waals surface area (Å²) >= 11 is 0. The Morgan fingerprint density at radius 3 is 2.38 bits per heavy atom. The molecule has 0 fully saturated rings. The summed E-state index contributed by atoms with van der Waals surface area (Å²) in [5.74, 6) is 0.197. The van der Waals surface area contributed by atoms with E-state index in [0.29, 0.717) is 0 Å². The zero-order chi connectivity index (χ0) is 9.68. The minimum absolute atomic E-state index is 0.197. The van der Waals surface area contributed by atoms with E-state index in [1.54, 1.807) is 12.1 Å². The summed E-state index contributed by atoms with van der Waals surface area (Å²) in [6.45, 7) is -0.732. The van der Waals surface area contributed by atoms with Crippen LogP contribution in [0.3, 0.4) is 0 Å². The van der Waals surface area contributed by atoms with Crippen LogP contribution >= 0.6 is 0 Å². The average molecular weight is 185 g/mol. The van der Waals surface area contributed by atoms with Crippen LogP contribution in [0, 0.1) is 6.42 Å². The molecule has 0 aliphatic heterocycles. The summed E-state index contributed by atoms with van der Waals surface area (Å²) in [6.07, 6.45) is 2.93. The third kappa shape index (κ3) is 3.40.